The molecule has 2 aromatic carbocycles. The van der Waals surface area contributed by atoms with Crippen LogP contribution in [0.3, 0.4) is 0 Å². The van der Waals surface area contributed by atoms with Gasteiger partial charge in [-0.25, -0.2) is 4.79 Å². The Morgan fingerprint density at radius 2 is 1.87 bits per heavy atom. The minimum Gasteiger partial charge on any atom is -0.461 e. The average molecular weight is 430 g/mol. The third kappa shape index (κ3) is 4.04. The van der Waals surface area contributed by atoms with E-state index in [2.05, 4.69) is 22.3 Å². The molecule has 0 radical (unpaired) electrons. The summed E-state index contributed by atoms with van der Waals surface area (Å²) in [5, 5.41) is 10.5. The van der Waals surface area contributed by atoms with Crippen LogP contribution < -0.4 is 5.63 Å². The Hall–Kier alpha value is -3.58. The summed E-state index contributed by atoms with van der Waals surface area (Å²) in [7, 11) is 0. The number of fused-ring (bicyclic) bond motifs is 1. The van der Waals surface area contributed by atoms with Gasteiger partial charge in [0.15, 0.2) is 10.9 Å². The fraction of sp³-hybridized carbons (Fsp3) is 0.125. The van der Waals surface area contributed by atoms with Crippen LogP contribution in [0.5, 0.6) is 0 Å². The zero-order chi connectivity index (χ0) is 21.2. The van der Waals surface area contributed by atoms with Crippen molar-refractivity contribution < 1.29 is 8.83 Å². The highest BCUT2D eigenvalue weighted by atomic mass is 32.2. The van der Waals surface area contributed by atoms with Crippen LogP contribution in [0.2, 0.25) is 0 Å². The quantitative estimate of drug-likeness (QED) is 0.270. The highest BCUT2D eigenvalue weighted by molar-refractivity contribution is 7.98. The van der Waals surface area contributed by atoms with E-state index < -0.39 is 0 Å². The van der Waals surface area contributed by atoms with Crippen molar-refractivity contribution in [2.75, 3.05) is 0 Å². The van der Waals surface area contributed by atoms with E-state index in [1.165, 1.54) is 11.8 Å². The molecule has 3 heterocycles. The smallest absolute Gasteiger partial charge is 0.336 e. The molecule has 5 aromatic rings. The monoisotopic (exact) mass is 429 g/mol. The molecule has 3 aromatic heterocycles. The molecule has 0 spiro atoms. The third-order valence-electron chi connectivity index (χ3n) is 4.98. The van der Waals surface area contributed by atoms with Gasteiger partial charge in [0.1, 0.15) is 5.58 Å². The molecule has 0 unspecified atom stereocenters. The topological polar surface area (TPSA) is 74.1 Å². The van der Waals surface area contributed by atoms with Crippen molar-refractivity contribution in [1.82, 2.24) is 14.8 Å². The van der Waals surface area contributed by atoms with E-state index in [0.717, 1.165) is 27.2 Å². The zero-order valence-electron chi connectivity index (χ0n) is 16.8. The first-order valence-electron chi connectivity index (χ1n) is 9.84. The first-order chi connectivity index (χ1) is 15.2. The Morgan fingerprint density at radius 1 is 1.00 bits per heavy atom. The van der Waals surface area contributed by atoms with E-state index in [1.54, 1.807) is 12.3 Å². The van der Waals surface area contributed by atoms with Crippen LogP contribution in [0.1, 0.15) is 16.7 Å². The molecule has 31 heavy (non-hydrogen) atoms. The molecule has 7 heteroatoms. The van der Waals surface area contributed by atoms with Gasteiger partial charge >= 0.3 is 5.63 Å². The lowest BCUT2D eigenvalue weighted by Crippen LogP contribution is -2.04. The summed E-state index contributed by atoms with van der Waals surface area (Å²) >= 11 is 1.53. The third-order valence-corrected chi connectivity index (χ3v) is 6.00. The van der Waals surface area contributed by atoms with Gasteiger partial charge in [-0.05, 0) is 41.8 Å². The van der Waals surface area contributed by atoms with Crippen molar-refractivity contribution in [3.8, 4) is 11.6 Å². The maximum atomic E-state index is 12.1. The van der Waals surface area contributed by atoms with Crippen LogP contribution in [-0.4, -0.2) is 14.8 Å². The maximum absolute atomic E-state index is 12.1. The van der Waals surface area contributed by atoms with Crippen LogP contribution in [0.4, 0.5) is 0 Å². The van der Waals surface area contributed by atoms with Crippen molar-refractivity contribution in [2.24, 2.45) is 0 Å². The molecule has 0 aliphatic carbocycles. The number of thioether (sulfide) groups is 1. The van der Waals surface area contributed by atoms with Gasteiger partial charge in [0.2, 0.25) is 5.82 Å². The molecule has 6 nitrogen and oxygen atoms in total. The van der Waals surface area contributed by atoms with Crippen LogP contribution >= 0.6 is 11.8 Å². The Bertz CT molecular complexity index is 1390. The summed E-state index contributed by atoms with van der Waals surface area (Å²) in [4.78, 5) is 12.1. The molecule has 0 aliphatic heterocycles. The number of nitrogens with zero attached hydrogens (tertiary/aromatic N) is 3. The van der Waals surface area contributed by atoms with Gasteiger partial charge in [0.25, 0.3) is 0 Å². The molecule has 0 saturated carbocycles. The second kappa shape index (κ2) is 8.28. The number of rotatable bonds is 6. The van der Waals surface area contributed by atoms with Crippen LogP contribution in [0.25, 0.3) is 22.6 Å². The Balaban J connectivity index is 1.50. The average Bonchev–Trinajstić information content (AvgIpc) is 3.42. The number of aromatic nitrogens is 3. The second-order valence-electron chi connectivity index (χ2n) is 7.23. The van der Waals surface area contributed by atoms with Crippen molar-refractivity contribution in [2.45, 2.75) is 24.4 Å². The first kappa shape index (κ1) is 19.4. The van der Waals surface area contributed by atoms with Gasteiger partial charge in [-0.2, -0.15) is 0 Å². The second-order valence-corrected chi connectivity index (χ2v) is 8.18. The maximum Gasteiger partial charge on any atom is 0.336 e. The number of hydrogen-bond acceptors (Lipinski definition) is 6. The van der Waals surface area contributed by atoms with E-state index in [4.69, 9.17) is 8.83 Å². The summed E-state index contributed by atoms with van der Waals surface area (Å²) in [6, 6.07) is 21.3. The molecule has 0 fully saturated rings. The van der Waals surface area contributed by atoms with Crippen molar-refractivity contribution in [3.63, 3.8) is 0 Å². The summed E-state index contributed by atoms with van der Waals surface area (Å²) < 4.78 is 13.0. The van der Waals surface area contributed by atoms with Crippen molar-refractivity contribution in [1.29, 1.82) is 0 Å². The van der Waals surface area contributed by atoms with E-state index >= 15 is 0 Å². The Kier molecular flexibility index (Phi) is 5.18. The Labute approximate surface area is 182 Å². The highest BCUT2D eigenvalue weighted by Gasteiger charge is 2.17. The zero-order valence-corrected chi connectivity index (χ0v) is 17.6. The fourth-order valence-electron chi connectivity index (χ4n) is 3.49. The minimum atomic E-state index is -0.351. The van der Waals surface area contributed by atoms with Crippen LogP contribution in [0, 0.1) is 6.92 Å². The lowest BCUT2D eigenvalue weighted by Gasteiger charge is -2.10. The van der Waals surface area contributed by atoms with Gasteiger partial charge in [-0.1, -0.05) is 54.2 Å². The molecular formula is C24H19N3O3S. The molecule has 0 bridgehead atoms. The summed E-state index contributed by atoms with van der Waals surface area (Å²) in [5.41, 5.74) is 3.34. The molecule has 0 saturated heterocycles. The standard InChI is InChI=1S/C24H19N3O3S/c1-16-9-10-19-18(13-22(28)30-21(19)12-16)15-31-24-26-25-23(20-8-5-11-29-20)27(24)14-17-6-3-2-4-7-17/h2-13H,14-15H2,1H3. The van der Waals surface area contributed by atoms with Gasteiger partial charge in [-0.15, -0.1) is 10.2 Å². The van der Waals surface area contributed by atoms with Crippen LogP contribution in [-0.2, 0) is 12.3 Å². The predicted octanol–water partition coefficient (Wildman–Crippen LogP) is 5.29. The van der Waals surface area contributed by atoms with Crippen molar-refractivity contribution >= 4 is 22.7 Å². The summed E-state index contributed by atoms with van der Waals surface area (Å²) in [6.07, 6.45) is 1.63. The van der Waals surface area contributed by atoms with Gasteiger partial charge in [-0.3, -0.25) is 4.57 Å². The molecular weight excluding hydrogens is 410 g/mol. The summed E-state index contributed by atoms with van der Waals surface area (Å²) in [6.45, 7) is 2.59. The minimum absolute atomic E-state index is 0.351. The van der Waals surface area contributed by atoms with E-state index in [1.807, 2.05) is 60.0 Å². The SMILES string of the molecule is Cc1ccc2c(CSc3nnc(-c4ccco4)n3Cc3ccccc3)cc(=O)oc2c1. The van der Waals surface area contributed by atoms with E-state index in [-0.39, 0.29) is 5.63 Å². The molecule has 154 valence electrons. The molecule has 0 atom stereocenters. The first-order valence-corrected chi connectivity index (χ1v) is 10.8. The van der Waals surface area contributed by atoms with Crippen molar-refractivity contribution in [3.05, 3.63) is 100 Å². The van der Waals surface area contributed by atoms with Gasteiger partial charge in [0.05, 0.1) is 12.8 Å². The normalized spacial score (nSPS) is 11.3. The largest absolute Gasteiger partial charge is 0.461 e. The number of furan rings is 1. The highest BCUT2D eigenvalue weighted by Crippen LogP contribution is 2.29. The lowest BCUT2D eigenvalue weighted by molar-refractivity contribution is 0.559. The fourth-order valence-corrected chi connectivity index (χ4v) is 4.42. The van der Waals surface area contributed by atoms with Gasteiger partial charge in [0, 0.05) is 17.2 Å². The molecule has 5 rings (SSSR count). The molecule has 0 aliphatic rings. The molecule has 0 amide bonds. The van der Waals surface area contributed by atoms with E-state index in [0.29, 0.717) is 29.5 Å². The van der Waals surface area contributed by atoms with Gasteiger partial charge < -0.3 is 8.83 Å². The number of aryl methyl sites for hydroxylation is 1. The predicted molar refractivity (Wildman–Crippen MR) is 120 cm³/mol. The number of hydrogen-bond donors (Lipinski definition) is 0. The van der Waals surface area contributed by atoms with E-state index in [9.17, 15) is 4.79 Å². The molecule has 0 N–H and O–H groups in total. The Morgan fingerprint density at radius 3 is 2.68 bits per heavy atom. The lowest BCUT2D eigenvalue weighted by atomic mass is 10.1. The summed E-state index contributed by atoms with van der Waals surface area (Å²) in [5.74, 6) is 1.90. The van der Waals surface area contributed by atoms with Crippen LogP contribution in [0.15, 0.2) is 91.8 Å². The number of benzene rings is 2.